The van der Waals surface area contributed by atoms with Gasteiger partial charge in [-0.15, -0.1) is 0 Å². The van der Waals surface area contributed by atoms with E-state index in [1.165, 1.54) is 0 Å². The first-order chi connectivity index (χ1) is 13.2. The molecule has 1 aliphatic rings. The molecule has 0 atom stereocenters. The lowest BCUT2D eigenvalue weighted by atomic mass is 10.0. The molecule has 1 heterocycles. The van der Waals surface area contributed by atoms with Crippen LogP contribution in [0.25, 0.3) is 10.8 Å². The van der Waals surface area contributed by atoms with Crippen LogP contribution in [0.3, 0.4) is 0 Å². The highest BCUT2D eigenvalue weighted by Crippen LogP contribution is 2.20. The van der Waals surface area contributed by atoms with Gasteiger partial charge >= 0.3 is 0 Å². The number of carbonyl (C=O) groups excluding carboxylic acids is 1. The number of rotatable bonds is 3. The predicted octanol–water partition coefficient (Wildman–Crippen LogP) is 4.74. The van der Waals surface area contributed by atoms with E-state index in [1.807, 2.05) is 69.0 Å². The van der Waals surface area contributed by atoms with Gasteiger partial charge in [0.15, 0.2) is 0 Å². The standard InChI is InChI=1S/C19H21N3O.2C2H6/c1-2-21-9-11-22(12-10-21)19(23)18-6-5-16-13-15(7-8-20)3-4-17(16)14-18;2*1-2/h3-6,13-14H,2,7,9-12H2,1H3;2*1-2H3. The van der Waals surface area contributed by atoms with Crippen molar-refractivity contribution in [2.24, 2.45) is 0 Å². The summed E-state index contributed by atoms with van der Waals surface area (Å²) in [4.78, 5) is 17.0. The molecule has 1 aliphatic heterocycles. The van der Waals surface area contributed by atoms with Crippen LogP contribution in [0, 0.1) is 11.3 Å². The fraction of sp³-hybridized carbons (Fsp3) is 0.478. The van der Waals surface area contributed by atoms with Crippen molar-refractivity contribution in [3.63, 3.8) is 0 Å². The molecule has 3 rings (SSSR count). The lowest BCUT2D eigenvalue weighted by Crippen LogP contribution is -2.48. The molecule has 1 fully saturated rings. The van der Waals surface area contributed by atoms with Crippen molar-refractivity contribution < 1.29 is 4.79 Å². The maximum Gasteiger partial charge on any atom is 0.253 e. The molecule has 4 nitrogen and oxygen atoms in total. The summed E-state index contributed by atoms with van der Waals surface area (Å²) in [6, 6.07) is 14.0. The first-order valence-electron chi connectivity index (χ1n) is 10.1. The van der Waals surface area contributed by atoms with Crippen LogP contribution in [-0.4, -0.2) is 48.4 Å². The van der Waals surface area contributed by atoms with Crippen molar-refractivity contribution >= 4 is 16.7 Å². The Hall–Kier alpha value is -2.38. The van der Waals surface area contributed by atoms with Gasteiger partial charge in [-0.2, -0.15) is 5.26 Å². The Morgan fingerprint density at radius 3 is 2.15 bits per heavy atom. The molecule has 0 unspecified atom stereocenters. The molecule has 0 spiro atoms. The van der Waals surface area contributed by atoms with Crippen molar-refractivity contribution in [3.8, 4) is 6.07 Å². The van der Waals surface area contributed by atoms with E-state index in [4.69, 9.17) is 5.26 Å². The third-order valence-electron chi connectivity index (χ3n) is 4.54. The Labute approximate surface area is 164 Å². The van der Waals surface area contributed by atoms with Gasteiger partial charge < -0.3 is 9.80 Å². The smallest absolute Gasteiger partial charge is 0.253 e. The van der Waals surface area contributed by atoms with E-state index in [-0.39, 0.29) is 5.91 Å². The molecule has 0 aliphatic carbocycles. The van der Waals surface area contributed by atoms with E-state index in [0.29, 0.717) is 6.42 Å². The van der Waals surface area contributed by atoms with Gasteiger partial charge in [-0.3, -0.25) is 4.79 Å². The van der Waals surface area contributed by atoms with Gasteiger partial charge in [-0.25, -0.2) is 0 Å². The molecule has 0 aromatic heterocycles. The van der Waals surface area contributed by atoms with Gasteiger partial charge in [0.05, 0.1) is 12.5 Å². The molecule has 27 heavy (non-hydrogen) atoms. The molecule has 2 aromatic carbocycles. The van der Waals surface area contributed by atoms with Crippen LogP contribution >= 0.6 is 0 Å². The molecular weight excluding hydrogens is 334 g/mol. The Bertz CT molecular complexity index is 756. The van der Waals surface area contributed by atoms with Crippen molar-refractivity contribution in [2.45, 2.75) is 41.0 Å². The van der Waals surface area contributed by atoms with E-state index >= 15 is 0 Å². The van der Waals surface area contributed by atoms with Gasteiger partial charge in [-0.1, -0.05) is 58.9 Å². The van der Waals surface area contributed by atoms with Crippen LogP contribution in [0.4, 0.5) is 0 Å². The molecule has 146 valence electrons. The van der Waals surface area contributed by atoms with Gasteiger partial charge in [0.1, 0.15) is 0 Å². The summed E-state index contributed by atoms with van der Waals surface area (Å²) < 4.78 is 0. The number of fused-ring (bicyclic) bond motifs is 1. The van der Waals surface area contributed by atoms with Crippen molar-refractivity contribution in [3.05, 3.63) is 47.5 Å². The number of amides is 1. The predicted molar refractivity (Wildman–Crippen MR) is 114 cm³/mol. The highest BCUT2D eigenvalue weighted by Gasteiger charge is 2.21. The minimum Gasteiger partial charge on any atom is -0.336 e. The number of carbonyl (C=O) groups is 1. The monoisotopic (exact) mass is 367 g/mol. The minimum atomic E-state index is 0.115. The van der Waals surface area contributed by atoms with Gasteiger partial charge in [0.25, 0.3) is 5.91 Å². The number of hydrogen-bond donors (Lipinski definition) is 0. The highest BCUT2D eigenvalue weighted by molar-refractivity contribution is 5.98. The van der Waals surface area contributed by atoms with Gasteiger partial charge in [0, 0.05) is 31.7 Å². The largest absolute Gasteiger partial charge is 0.336 e. The third-order valence-corrected chi connectivity index (χ3v) is 4.54. The minimum absolute atomic E-state index is 0.115. The maximum atomic E-state index is 12.7. The number of likely N-dealkylation sites (N-methyl/N-ethyl adjacent to an activating group) is 1. The summed E-state index contributed by atoms with van der Waals surface area (Å²) in [5, 5.41) is 10.9. The normalized spacial score (nSPS) is 13.7. The Balaban J connectivity index is 0.000000855. The average Bonchev–Trinajstić information content (AvgIpc) is 2.76. The van der Waals surface area contributed by atoms with E-state index in [1.54, 1.807) is 0 Å². The number of nitrogens with zero attached hydrogens (tertiary/aromatic N) is 3. The average molecular weight is 368 g/mol. The lowest BCUT2D eigenvalue weighted by Gasteiger charge is -2.34. The Kier molecular flexibility index (Phi) is 10.1. The van der Waals surface area contributed by atoms with Crippen LogP contribution in [0.15, 0.2) is 36.4 Å². The molecule has 1 saturated heterocycles. The van der Waals surface area contributed by atoms with Crippen LogP contribution < -0.4 is 0 Å². The summed E-state index contributed by atoms with van der Waals surface area (Å²) in [7, 11) is 0. The molecule has 0 bridgehead atoms. The zero-order valence-electron chi connectivity index (χ0n) is 17.5. The molecule has 0 N–H and O–H groups in total. The molecular formula is C23H33N3O. The van der Waals surface area contributed by atoms with E-state index in [2.05, 4.69) is 17.9 Å². The fourth-order valence-corrected chi connectivity index (χ4v) is 3.08. The van der Waals surface area contributed by atoms with E-state index in [0.717, 1.165) is 54.6 Å². The number of benzene rings is 2. The summed E-state index contributed by atoms with van der Waals surface area (Å²) in [5.41, 5.74) is 1.75. The van der Waals surface area contributed by atoms with Crippen molar-refractivity contribution in [2.75, 3.05) is 32.7 Å². The summed E-state index contributed by atoms with van der Waals surface area (Å²) >= 11 is 0. The zero-order valence-corrected chi connectivity index (χ0v) is 17.5. The third kappa shape index (κ3) is 6.08. The van der Waals surface area contributed by atoms with Crippen molar-refractivity contribution in [1.29, 1.82) is 5.26 Å². The van der Waals surface area contributed by atoms with Crippen LogP contribution in [0.1, 0.15) is 50.5 Å². The zero-order chi connectivity index (χ0) is 20.2. The van der Waals surface area contributed by atoms with Crippen LogP contribution in [0.5, 0.6) is 0 Å². The molecule has 1 amide bonds. The van der Waals surface area contributed by atoms with E-state index in [9.17, 15) is 4.79 Å². The van der Waals surface area contributed by atoms with Crippen LogP contribution in [0.2, 0.25) is 0 Å². The molecule has 2 aromatic rings. The SMILES string of the molecule is CC.CC.CCN1CCN(C(=O)c2ccc3cc(CC#N)ccc3c2)CC1. The lowest BCUT2D eigenvalue weighted by molar-refractivity contribution is 0.0643. The second-order valence-electron chi connectivity index (χ2n) is 5.96. The Morgan fingerprint density at radius 1 is 0.963 bits per heavy atom. The second kappa shape index (κ2) is 12.1. The first kappa shape index (κ1) is 22.7. The number of nitriles is 1. The number of hydrogen-bond acceptors (Lipinski definition) is 3. The Morgan fingerprint density at radius 2 is 1.56 bits per heavy atom. The second-order valence-corrected chi connectivity index (χ2v) is 5.96. The summed E-state index contributed by atoms with van der Waals surface area (Å²) in [6.07, 6.45) is 0.415. The van der Waals surface area contributed by atoms with Crippen LogP contribution in [-0.2, 0) is 6.42 Å². The highest BCUT2D eigenvalue weighted by atomic mass is 16.2. The summed E-state index contributed by atoms with van der Waals surface area (Å²) in [6.45, 7) is 14.7. The maximum absolute atomic E-state index is 12.7. The fourth-order valence-electron chi connectivity index (χ4n) is 3.08. The quantitative estimate of drug-likeness (QED) is 0.787. The summed E-state index contributed by atoms with van der Waals surface area (Å²) in [5.74, 6) is 0.115. The van der Waals surface area contributed by atoms with Gasteiger partial charge in [0.2, 0.25) is 0 Å². The number of piperazine rings is 1. The van der Waals surface area contributed by atoms with Gasteiger partial charge in [-0.05, 0) is 35.0 Å². The molecule has 0 saturated carbocycles. The topological polar surface area (TPSA) is 47.3 Å². The first-order valence-corrected chi connectivity index (χ1v) is 10.1. The van der Waals surface area contributed by atoms with E-state index < -0.39 is 0 Å². The molecule has 0 radical (unpaired) electrons. The van der Waals surface area contributed by atoms with Crippen molar-refractivity contribution in [1.82, 2.24) is 9.80 Å². The molecule has 4 heteroatoms.